The van der Waals surface area contributed by atoms with Gasteiger partial charge in [-0.05, 0) is 98.9 Å². The lowest BCUT2D eigenvalue weighted by molar-refractivity contribution is -0.459. The molecule has 0 unspecified atom stereocenters. The molecule has 36 heteroatoms. The molecular formula is C50H50F34N2. The second-order valence-electron chi connectivity index (χ2n) is 19.8. The second kappa shape index (κ2) is 27.6. The first-order chi connectivity index (χ1) is 38.6. The number of alkyl halides is 34. The van der Waals surface area contributed by atoms with Crippen molar-refractivity contribution in [1.82, 2.24) is 9.97 Å². The molecule has 0 saturated heterocycles. The van der Waals surface area contributed by atoms with E-state index >= 15 is 0 Å². The van der Waals surface area contributed by atoms with Crippen LogP contribution in [-0.4, -0.2) is 105 Å². The molecule has 0 spiro atoms. The van der Waals surface area contributed by atoms with Crippen LogP contribution >= 0.6 is 0 Å². The zero-order valence-electron chi connectivity index (χ0n) is 43.7. The number of aromatic nitrogens is 2. The predicted molar refractivity (Wildman–Crippen MR) is 238 cm³/mol. The molecule has 0 radical (unpaired) electrons. The standard InChI is InChI=1S/C50H50F34N2/c51-35(52,37(55,56)39(59,60)41(63,64)43(67,68)45(71,72)47(75,76)49(79,80)81)25-19-15-11-7-3-1-5-9-13-17-21-31-23-27-85-33(29-31)34-30-32(24-28-86-34)22-18-14-10-6-2-4-8-12-16-20-26-36(53,54)38(57,58)40(61,62)42(65,66)44(69,70)46(73,74)48(77,78)50(82,83)84/h19-20,23-30H,1-18,21-22H2/b25-19+,26-20+. The van der Waals surface area contributed by atoms with E-state index in [1.807, 2.05) is 12.1 Å². The van der Waals surface area contributed by atoms with Crippen molar-refractivity contribution < 1.29 is 149 Å². The Morgan fingerprint density at radius 1 is 0.256 bits per heavy atom. The lowest BCUT2D eigenvalue weighted by atomic mass is 9.89. The summed E-state index contributed by atoms with van der Waals surface area (Å²) >= 11 is 0. The topological polar surface area (TPSA) is 25.8 Å². The largest absolute Gasteiger partial charge is 0.460 e. The monoisotopic (exact) mass is 1320 g/mol. The Bertz CT molecular complexity index is 2320. The van der Waals surface area contributed by atoms with Crippen LogP contribution in [0.5, 0.6) is 0 Å². The zero-order valence-corrected chi connectivity index (χ0v) is 43.7. The molecule has 0 atom stereocenters. The summed E-state index contributed by atoms with van der Waals surface area (Å²) in [5.74, 6) is -114. The Morgan fingerprint density at radius 2 is 0.465 bits per heavy atom. The van der Waals surface area contributed by atoms with Crippen LogP contribution in [0.25, 0.3) is 11.4 Å². The van der Waals surface area contributed by atoms with Crippen molar-refractivity contribution in [3.8, 4) is 11.4 Å². The van der Waals surface area contributed by atoms with Crippen LogP contribution < -0.4 is 0 Å². The number of aryl methyl sites for hydroxylation is 2. The van der Waals surface area contributed by atoms with E-state index in [0.717, 1.165) is 11.1 Å². The van der Waals surface area contributed by atoms with Gasteiger partial charge in [0.05, 0.1) is 11.4 Å². The molecule has 86 heavy (non-hydrogen) atoms. The maximum absolute atomic E-state index is 14.1. The van der Waals surface area contributed by atoms with Crippen molar-refractivity contribution in [2.75, 3.05) is 0 Å². The third-order valence-electron chi connectivity index (χ3n) is 13.2. The number of hydrogen-bond donors (Lipinski definition) is 0. The van der Waals surface area contributed by atoms with Gasteiger partial charge in [-0.3, -0.25) is 9.97 Å². The van der Waals surface area contributed by atoms with Gasteiger partial charge >= 0.3 is 95.3 Å². The molecule has 2 aromatic rings. The first-order valence-electron chi connectivity index (χ1n) is 25.3. The summed E-state index contributed by atoms with van der Waals surface area (Å²) < 4.78 is 457. The molecule has 0 amide bonds. The average Bonchev–Trinajstić information content (AvgIpc) is 0.713. The summed E-state index contributed by atoms with van der Waals surface area (Å²) in [4.78, 5) is 8.70. The maximum atomic E-state index is 14.1. The number of nitrogens with zero attached hydrogens (tertiary/aromatic N) is 2. The predicted octanol–water partition coefficient (Wildman–Crippen LogP) is 21.4. The van der Waals surface area contributed by atoms with E-state index in [0.29, 0.717) is 101 Å². The van der Waals surface area contributed by atoms with Crippen LogP contribution in [-0.2, 0) is 12.8 Å². The summed E-state index contributed by atoms with van der Waals surface area (Å²) in [6, 6.07) is 7.15. The number of allylic oxidation sites excluding steroid dienone is 4. The van der Waals surface area contributed by atoms with Crippen LogP contribution in [0.1, 0.15) is 127 Å². The molecule has 2 nitrogen and oxygen atoms in total. The normalized spacial score (nSPS) is 15.2. The highest BCUT2D eigenvalue weighted by molar-refractivity contribution is 5.55. The molecule has 0 aliphatic carbocycles. The fourth-order valence-electron chi connectivity index (χ4n) is 7.87. The van der Waals surface area contributed by atoms with Crippen molar-refractivity contribution in [2.24, 2.45) is 0 Å². The Kier molecular flexibility index (Phi) is 24.9. The molecule has 0 saturated carbocycles. The summed E-state index contributed by atoms with van der Waals surface area (Å²) in [6.45, 7) is 0. The van der Waals surface area contributed by atoms with Crippen LogP contribution in [0, 0.1) is 0 Å². The summed E-state index contributed by atoms with van der Waals surface area (Å²) in [7, 11) is 0. The van der Waals surface area contributed by atoms with Gasteiger partial charge in [-0.1, -0.05) is 89.2 Å². The van der Waals surface area contributed by atoms with Crippen molar-refractivity contribution in [1.29, 1.82) is 0 Å². The molecule has 0 N–H and O–H groups in total. The molecule has 0 aliphatic rings. The van der Waals surface area contributed by atoms with Crippen molar-refractivity contribution in [3.05, 3.63) is 72.1 Å². The summed E-state index contributed by atoms with van der Waals surface area (Å²) in [5, 5.41) is 0. The molecule has 0 bridgehead atoms. The van der Waals surface area contributed by atoms with E-state index in [1.54, 1.807) is 24.5 Å². The number of unbranched alkanes of at least 4 members (excludes halogenated alkanes) is 16. The van der Waals surface area contributed by atoms with Gasteiger partial charge in [-0.25, -0.2) is 0 Å². The van der Waals surface area contributed by atoms with Gasteiger partial charge in [-0.15, -0.1) is 0 Å². The van der Waals surface area contributed by atoms with Gasteiger partial charge in [0.25, 0.3) is 0 Å². The van der Waals surface area contributed by atoms with Crippen LogP contribution in [0.2, 0.25) is 0 Å². The summed E-state index contributed by atoms with van der Waals surface area (Å²) in [6.07, 6.45) is -7.51. The highest BCUT2D eigenvalue weighted by Gasteiger charge is 2.97. The highest BCUT2D eigenvalue weighted by Crippen LogP contribution is 2.66. The molecule has 0 fully saturated rings. The third kappa shape index (κ3) is 15.5. The Morgan fingerprint density at radius 3 is 0.709 bits per heavy atom. The molecule has 0 aliphatic heterocycles. The van der Waals surface area contributed by atoms with Gasteiger partial charge in [0.1, 0.15) is 0 Å². The van der Waals surface area contributed by atoms with Gasteiger partial charge in [-0.2, -0.15) is 149 Å². The lowest BCUT2D eigenvalue weighted by Gasteiger charge is -2.42. The van der Waals surface area contributed by atoms with Gasteiger partial charge < -0.3 is 0 Å². The smallest absolute Gasteiger partial charge is 0.255 e. The molecule has 2 rings (SSSR count). The molecular weight excluding hydrogens is 1270 g/mol. The highest BCUT2D eigenvalue weighted by atomic mass is 19.4. The minimum Gasteiger partial charge on any atom is -0.255 e. The molecule has 498 valence electrons. The number of halogens is 34. The lowest BCUT2D eigenvalue weighted by Crippen LogP contribution is -2.74. The van der Waals surface area contributed by atoms with Crippen molar-refractivity contribution in [2.45, 2.75) is 224 Å². The van der Waals surface area contributed by atoms with E-state index in [9.17, 15) is 149 Å². The first-order valence-corrected chi connectivity index (χ1v) is 25.3. The fraction of sp³-hybridized carbons (Fsp3) is 0.720. The SMILES string of the molecule is FC(F)(F)C(F)(F)C(F)(F)C(F)(F)C(F)(F)C(F)(F)C(F)(F)C(F)(F)/C=C/CCCCCCCCCCc1ccnc(-c2cc(CCCCCCCCCC/C=C/C(F)(F)C(F)(F)C(F)(F)C(F)(F)C(F)(F)C(F)(F)C(F)(F)C(F)(F)F)ccn2)c1. The van der Waals surface area contributed by atoms with Crippen LogP contribution in [0.3, 0.4) is 0 Å². The number of pyridine rings is 2. The number of hydrogen-bond acceptors (Lipinski definition) is 2. The quantitative estimate of drug-likeness (QED) is 0.0383. The van der Waals surface area contributed by atoms with Crippen molar-refractivity contribution >= 4 is 0 Å². The van der Waals surface area contributed by atoms with Gasteiger partial charge in [0.2, 0.25) is 0 Å². The van der Waals surface area contributed by atoms with Crippen LogP contribution in [0.4, 0.5) is 149 Å². The second-order valence-corrected chi connectivity index (χ2v) is 19.8. The Labute approximate surface area is 466 Å². The number of rotatable bonds is 37. The zero-order chi connectivity index (χ0) is 66.9. The third-order valence-corrected chi connectivity index (χ3v) is 13.2. The summed E-state index contributed by atoms with van der Waals surface area (Å²) in [5.41, 5.74) is 2.88. The minimum absolute atomic E-state index is 0.0194. The van der Waals surface area contributed by atoms with E-state index in [1.165, 1.54) is 0 Å². The average molecular weight is 1320 g/mol. The van der Waals surface area contributed by atoms with Gasteiger partial charge in [0, 0.05) is 12.4 Å². The fourth-order valence-corrected chi connectivity index (χ4v) is 7.87. The molecule has 2 heterocycles. The van der Waals surface area contributed by atoms with E-state index in [4.69, 9.17) is 0 Å². The van der Waals surface area contributed by atoms with Crippen molar-refractivity contribution in [3.63, 3.8) is 0 Å². The van der Waals surface area contributed by atoms with E-state index < -0.39 is 120 Å². The van der Waals surface area contributed by atoms with Crippen LogP contribution in [0.15, 0.2) is 61.0 Å². The minimum atomic E-state index is -8.69. The molecule has 2 aromatic heterocycles. The molecule has 0 aromatic carbocycles. The Hall–Kier alpha value is -4.60. The first kappa shape index (κ1) is 77.5. The van der Waals surface area contributed by atoms with E-state index in [2.05, 4.69) is 9.97 Å². The Balaban J connectivity index is 1.74. The van der Waals surface area contributed by atoms with Gasteiger partial charge in [0.15, 0.2) is 0 Å². The maximum Gasteiger partial charge on any atom is 0.460 e. The van der Waals surface area contributed by atoms with E-state index in [-0.39, 0.29) is 37.8 Å².